The Morgan fingerprint density at radius 1 is 1.57 bits per heavy atom. The first-order valence-electron chi connectivity index (χ1n) is 5.17. The fourth-order valence-electron chi connectivity index (χ4n) is 1.43. The van der Waals surface area contributed by atoms with Crippen molar-refractivity contribution in [1.82, 2.24) is 0 Å². The van der Waals surface area contributed by atoms with Gasteiger partial charge in [-0.1, -0.05) is 39.5 Å². The normalized spacial score (nSPS) is 23.0. The maximum absolute atomic E-state index is 11.2. The number of carbonyl (C=O) groups is 1. The Labute approximate surface area is 86.6 Å². The lowest BCUT2D eigenvalue weighted by Gasteiger charge is -2.09. The summed E-state index contributed by atoms with van der Waals surface area (Å²) in [6.45, 7) is 11.6. The summed E-state index contributed by atoms with van der Waals surface area (Å²) in [6.07, 6.45) is 4.65. The third-order valence-electron chi connectivity index (χ3n) is 2.13. The maximum atomic E-state index is 11.2. The Bertz CT molecular complexity index is 228. The zero-order valence-electron chi connectivity index (χ0n) is 9.54. The highest BCUT2D eigenvalue weighted by Gasteiger charge is 2.32. The first-order chi connectivity index (χ1) is 6.65. The van der Waals surface area contributed by atoms with Crippen molar-refractivity contribution in [3.8, 4) is 0 Å². The molecular weight excluding hydrogens is 176 g/mol. The van der Waals surface area contributed by atoms with Gasteiger partial charge in [-0.05, 0) is 12.8 Å². The first kappa shape index (κ1) is 12.9. The summed E-state index contributed by atoms with van der Waals surface area (Å²) in [5.41, 5.74) is 0. The number of hydrogen-bond donors (Lipinski definition) is 0. The molecule has 1 aliphatic rings. The molecule has 0 aromatic rings. The number of rotatable bonds is 2. The van der Waals surface area contributed by atoms with Crippen molar-refractivity contribution in [3.63, 3.8) is 0 Å². The molecule has 0 N–H and O–H groups in total. The van der Waals surface area contributed by atoms with Gasteiger partial charge >= 0.3 is 5.97 Å². The van der Waals surface area contributed by atoms with Crippen LogP contribution < -0.4 is 0 Å². The van der Waals surface area contributed by atoms with E-state index in [2.05, 4.69) is 6.58 Å². The Kier molecular flexibility index (Phi) is 5.93. The monoisotopic (exact) mass is 196 g/mol. The van der Waals surface area contributed by atoms with Crippen LogP contribution in [0.5, 0.6) is 0 Å². The van der Waals surface area contributed by atoms with E-state index in [0.717, 1.165) is 0 Å². The number of ether oxygens (including phenoxy) is 1. The van der Waals surface area contributed by atoms with Gasteiger partial charge in [-0.15, -0.1) is 0 Å². The highest BCUT2D eigenvalue weighted by atomic mass is 16.5. The molecule has 1 aliphatic heterocycles. The minimum atomic E-state index is -0.134. The van der Waals surface area contributed by atoms with Gasteiger partial charge in [-0.3, -0.25) is 4.79 Å². The molecule has 14 heavy (non-hydrogen) atoms. The summed E-state index contributed by atoms with van der Waals surface area (Å²) in [4.78, 5) is 11.2. The Morgan fingerprint density at radius 2 is 2.14 bits per heavy atom. The van der Waals surface area contributed by atoms with Crippen LogP contribution >= 0.6 is 0 Å². The van der Waals surface area contributed by atoms with Crippen LogP contribution in [0.1, 0.15) is 34.1 Å². The number of allylic oxidation sites excluding steroid dienone is 3. The van der Waals surface area contributed by atoms with Crippen LogP contribution in [0.4, 0.5) is 0 Å². The first-order valence-corrected chi connectivity index (χ1v) is 5.17. The third kappa shape index (κ3) is 3.36. The van der Waals surface area contributed by atoms with Gasteiger partial charge in [0.25, 0.3) is 0 Å². The average Bonchev–Trinajstić information content (AvgIpc) is 2.49. The summed E-state index contributed by atoms with van der Waals surface area (Å²) in [5, 5.41) is 0. The second-order valence-electron chi connectivity index (χ2n) is 3.16. The molecule has 80 valence electrons. The molecule has 2 nitrogen and oxygen atoms in total. The molecule has 0 radical (unpaired) electrons. The van der Waals surface area contributed by atoms with Gasteiger partial charge in [0, 0.05) is 6.42 Å². The fraction of sp³-hybridized carbons (Fsp3) is 0.583. The Balaban J connectivity index is 0.000000791. The van der Waals surface area contributed by atoms with Crippen LogP contribution in [-0.2, 0) is 9.53 Å². The standard InChI is InChI=1S/C10H14O2.C2H6/c1-4-5-7(2)9-6-8(3)12-10(9)11;1-2/h4-5,7,9H,3,6H2,1-2H3;1-2H3/b5-4+;. The molecule has 2 atom stereocenters. The topological polar surface area (TPSA) is 26.3 Å². The van der Waals surface area contributed by atoms with Gasteiger partial charge < -0.3 is 4.74 Å². The predicted octanol–water partition coefficient (Wildman–Crippen LogP) is 3.30. The van der Waals surface area contributed by atoms with E-state index in [1.54, 1.807) is 0 Å². The van der Waals surface area contributed by atoms with Crippen molar-refractivity contribution in [2.45, 2.75) is 34.1 Å². The molecule has 1 heterocycles. The quantitative estimate of drug-likeness (QED) is 0.500. The summed E-state index contributed by atoms with van der Waals surface area (Å²) in [5.74, 6) is 0.697. The molecule has 0 spiro atoms. The predicted molar refractivity (Wildman–Crippen MR) is 58.7 cm³/mol. The zero-order chi connectivity index (χ0) is 11.1. The van der Waals surface area contributed by atoms with E-state index < -0.39 is 0 Å². The molecule has 0 aliphatic carbocycles. The van der Waals surface area contributed by atoms with Crippen LogP contribution in [-0.4, -0.2) is 5.97 Å². The number of hydrogen-bond acceptors (Lipinski definition) is 2. The van der Waals surface area contributed by atoms with Gasteiger partial charge in [0.05, 0.1) is 5.92 Å². The molecule has 1 saturated heterocycles. The summed E-state index contributed by atoms with van der Waals surface area (Å²) < 4.78 is 4.87. The van der Waals surface area contributed by atoms with E-state index in [9.17, 15) is 4.79 Å². The van der Waals surface area contributed by atoms with E-state index >= 15 is 0 Å². The van der Waals surface area contributed by atoms with Crippen molar-refractivity contribution >= 4 is 5.97 Å². The van der Waals surface area contributed by atoms with Gasteiger partial charge in [-0.2, -0.15) is 0 Å². The van der Waals surface area contributed by atoms with E-state index in [1.807, 2.05) is 39.8 Å². The SMILES string of the molecule is C=C1CC(C(C)/C=C/C)C(=O)O1.CC. The second kappa shape index (κ2) is 6.41. The lowest BCUT2D eigenvalue weighted by Crippen LogP contribution is -2.14. The Hall–Kier alpha value is -1.05. The largest absolute Gasteiger partial charge is 0.431 e. The van der Waals surface area contributed by atoms with Crippen molar-refractivity contribution < 1.29 is 9.53 Å². The highest BCUT2D eigenvalue weighted by Crippen LogP contribution is 2.29. The third-order valence-corrected chi connectivity index (χ3v) is 2.13. The van der Waals surface area contributed by atoms with Crippen LogP contribution in [0, 0.1) is 11.8 Å². The molecule has 1 fully saturated rings. The summed E-state index contributed by atoms with van der Waals surface area (Å²) >= 11 is 0. The van der Waals surface area contributed by atoms with Crippen LogP contribution in [0.25, 0.3) is 0 Å². The smallest absolute Gasteiger partial charge is 0.315 e. The maximum Gasteiger partial charge on any atom is 0.315 e. The van der Waals surface area contributed by atoms with E-state index in [0.29, 0.717) is 12.2 Å². The van der Waals surface area contributed by atoms with Gasteiger partial charge in [0.15, 0.2) is 0 Å². The van der Waals surface area contributed by atoms with Crippen molar-refractivity contribution in [2.75, 3.05) is 0 Å². The second-order valence-corrected chi connectivity index (χ2v) is 3.16. The zero-order valence-corrected chi connectivity index (χ0v) is 9.54. The van der Waals surface area contributed by atoms with Crippen LogP contribution in [0.2, 0.25) is 0 Å². The highest BCUT2D eigenvalue weighted by molar-refractivity contribution is 5.77. The lowest BCUT2D eigenvalue weighted by atomic mass is 9.92. The number of esters is 1. The van der Waals surface area contributed by atoms with E-state index in [1.165, 1.54) is 0 Å². The summed E-state index contributed by atoms with van der Waals surface area (Å²) in [7, 11) is 0. The van der Waals surface area contributed by atoms with Crippen molar-refractivity contribution in [2.24, 2.45) is 11.8 Å². The molecule has 1 rings (SSSR count). The van der Waals surface area contributed by atoms with E-state index in [4.69, 9.17) is 4.74 Å². The van der Waals surface area contributed by atoms with Crippen molar-refractivity contribution in [1.29, 1.82) is 0 Å². The van der Waals surface area contributed by atoms with E-state index in [-0.39, 0.29) is 17.8 Å². The van der Waals surface area contributed by atoms with Gasteiger partial charge in [0.1, 0.15) is 5.76 Å². The molecule has 2 unspecified atom stereocenters. The number of cyclic esters (lactones) is 1. The lowest BCUT2D eigenvalue weighted by molar-refractivity contribution is -0.139. The van der Waals surface area contributed by atoms with Crippen LogP contribution in [0.15, 0.2) is 24.5 Å². The summed E-state index contributed by atoms with van der Waals surface area (Å²) in [6, 6.07) is 0. The van der Waals surface area contributed by atoms with Gasteiger partial charge in [-0.25, -0.2) is 0 Å². The molecule has 2 heteroatoms. The molecular formula is C12H20O2. The molecule has 0 aromatic carbocycles. The Morgan fingerprint density at radius 3 is 2.50 bits per heavy atom. The van der Waals surface area contributed by atoms with Gasteiger partial charge in [0.2, 0.25) is 0 Å². The van der Waals surface area contributed by atoms with Crippen molar-refractivity contribution in [3.05, 3.63) is 24.5 Å². The number of carbonyl (C=O) groups excluding carboxylic acids is 1. The average molecular weight is 196 g/mol. The molecule has 0 saturated carbocycles. The molecule has 0 aromatic heterocycles. The van der Waals surface area contributed by atoms with Crippen LogP contribution in [0.3, 0.4) is 0 Å². The molecule has 0 amide bonds. The minimum Gasteiger partial charge on any atom is -0.431 e. The fourth-order valence-corrected chi connectivity index (χ4v) is 1.43. The molecule has 0 bridgehead atoms. The minimum absolute atomic E-state index is 0.0197.